The van der Waals surface area contributed by atoms with Gasteiger partial charge >= 0.3 is 12.2 Å². The monoisotopic (exact) mass is 1080 g/mol. The lowest BCUT2D eigenvalue weighted by atomic mass is 9.86. The van der Waals surface area contributed by atoms with Crippen LogP contribution in [0.25, 0.3) is 20.9 Å². The van der Waals surface area contributed by atoms with E-state index in [1.165, 1.54) is 0 Å². The lowest BCUT2D eigenvalue weighted by molar-refractivity contribution is 0.0986. The summed E-state index contributed by atoms with van der Waals surface area (Å²) in [7, 11) is -4.27. The number of hydrogen-bond donors (Lipinski definition) is 6. The van der Waals surface area contributed by atoms with Gasteiger partial charge in [-0.05, 0) is 129 Å². The topological polar surface area (TPSA) is 252 Å². The molecule has 2 aromatic carbocycles. The van der Waals surface area contributed by atoms with Crippen LogP contribution in [0.4, 0.5) is 32.8 Å². The SMILES string of the molecule is Cc1cc(Nc2ccc(-c3cnc(C4CCC(NC(=O)OC(C)Cc5cnc(Nc6ccc(-c7cnc(C8CCC(NC(=O)OC(C)C)CC8)s7)c(S(=N)(=O)C7CC7)c6)o5)CC4)s3)c(S(=N)(=O)C3CC3)c2)n(C)n1. The zero-order chi connectivity index (χ0) is 51.9. The average Bonchev–Trinajstić information content (AvgIpc) is 4.23. The first-order valence-electron chi connectivity index (χ1n) is 25.6. The third-order valence-corrected chi connectivity index (χ3v) is 21.4. The molecule has 6 N–H and O–H groups in total. The summed E-state index contributed by atoms with van der Waals surface area (Å²) in [4.78, 5) is 42.1. The van der Waals surface area contributed by atoms with E-state index in [2.05, 4.69) is 31.3 Å². The summed E-state index contributed by atoms with van der Waals surface area (Å²) in [5, 5.41) is 18.7. The third kappa shape index (κ3) is 12.0. The molecule has 4 aromatic heterocycles. The maximum Gasteiger partial charge on any atom is 0.407 e. The standard InChI is InChI=1S/C52H65N11O7S4/c1-29(2)68-51(64)60-34-10-6-32(7-11-34)48-56-28-44(72-48)42-21-15-37(25-46(42)74(54,67)40-18-19-40)59-50-57-26-38(70-50)23-31(4)69-52(65)61-35-12-8-33(9-13-35)49-55-27-43(71-49)41-20-14-36(58-47-22-30(3)62-63(47)5)24-45(41)73(53,66)39-16-17-39/h14-15,20-22,24-29,31-35,39-40,53-54,58H,6-13,16-19,23H2,1-5H3,(H,57,59)(H,60,64)(H,61,65). The van der Waals surface area contributed by atoms with Crippen LogP contribution in [-0.4, -0.2) is 80.1 Å². The number of thiazole rings is 2. The van der Waals surface area contributed by atoms with Crippen LogP contribution in [-0.2, 0) is 42.4 Å². The number of carbonyl (C=O) groups excluding carboxylic acids is 2. The summed E-state index contributed by atoms with van der Waals surface area (Å²) in [5.41, 5.74) is 3.76. The Bertz CT molecular complexity index is 3230. The highest BCUT2D eigenvalue weighted by atomic mass is 32.2. The predicted molar refractivity (Wildman–Crippen MR) is 288 cm³/mol. The van der Waals surface area contributed by atoms with Gasteiger partial charge in [-0.3, -0.25) is 4.68 Å². The largest absolute Gasteiger partial charge is 0.447 e. The van der Waals surface area contributed by atoms with Crippen molar-refractivity contribution < 1.29 is 31.9 Å². The molecule has 3 unspecified atom stereocenters. The smallest absolute Gasteiger partial charge is 0.407 e. The van der Waals surface area contributed by atoms with Gasteiger partial charge in [-0.15, -0.1) is 22.7 Å². The number of nitrogens with one attached hydrogen (secondary N) is 6. The summed E-state index contributed by atoms with van der Waals surface area (Å²) in [6.45, 7) is 7.40. The van der Waals surface area contributed by atoms with Gasteiger partial charge in [0.15, 0.2) is 0 Å². The molecule has 0 saturated heterocycles. The molecule has 0 radical (unpaired) electrons. The maximum atomic E-state index is 14.1. The van der Waals surface area contributed by atoms with Crippen molar-refractivity contribution in [1.82, 2.24) is 35.4 Å². The van der Waals surface area contributed by atoms with Gasteiger partial charge in [-0.2, -0.15) is 5.10 Å². The summed E-state index contributed by atoms with van der Waals surface area (Å²) >= 11 is 3.17. The van der Waals surface area contributed by atoms with E-state index < -0.39 is 31.7 Å². The van der Waals surface area contributed by atoms with E-state index in [9.17, 15) is 18.0 Å². The molecule has 4 fully saturated rings. The van der Waals surface area contributed by atoms with Gasteiger partial charge in [0.25, 0.3) is 6.01 Å². The molecule has 0 bridgehead atoms. The first kappa shape index (κ1) is 51.6. The van der Waals surface area contributed by atoms with Crippen LogP contribution < -0.4 is 21.3 Å². The van der Waals surface area contributed by atoms with Gasteiger partial charge in [-0.1, -0.05) is 12.1 Å². The molecule has 4 heterocycles. The molecule has 3 atom stereocenters. The normalized spacial score (nSPS) is 22.0. The molecule has 0 spiro atoms. The van der Waals surface area contributed by atoms with Crippen LogP contribution in [0.5, 0.6) is 0 Å². The zero-order valence-corrected chi connectivity index (χ0v) is 45.6. The van der Waals surface area contributed by atoms with Crippen molar-refractivity contribution in [2.24, 2.45) is 7.05 Å². The summed E-state index contributed by atoms with van der Waals surface area (Å²) in [6.07, 6.45) is 13.7. The Morgan fingerprint density at radius 2 is 1.20 bits per heavy atom. The Morgan fingerprint density at radius 3 is 1.68 bits per heavy atom. The second-order valence-corrected chi connectivity index (χ2v) is 27.3. The van der Waals surface area contributed by atoms with E-state index in [-0.39, 0.29) is 52.6 Å². The minimum absolute atomic E-state index is 0.0437. The average molecular weight is 1080 g/mol. The number of rotatable bonds is 18. The molecular weight excluding hydrogens is 1020 g/mol. The molecule has 4 saturated carbocycles. The number of nitrogens with zero attached hydrogens (tertiary/aromatic N) is 5. The lowest BCUT2D eigenvalue weighted by Gasteiger charge is -2.28. The highest BCUT2D eigenvalue weighted by Crippen LogP contribution is 2.46. The Balaban J connectivity index is 0.709. The van der Waals surface area contributed by atoms with E-state index >= 15 is 0 Å². The molecule has 4 aliphatic rings. The summed E-state index contributed by atoms with van der Waals surface area (Å²) in [5.74, 6) is 1.80. The minimum Gasteiger partial charge on any atom is -0.447 e. The van der Waals surface area contributed by atoms with Crippen LogP contribution >= 0.6 is 22.7 Å². The van der Waals surface area contributed by atoms with Gasteiger partial charge in [-0.25, -0.2) is 42.5 Å². The number of alkyl carbamates (subject to hydrolysis) is 2. The number of hydrogen-bond acceptors (Lipinski definition) is 17. The lowest BCUT2D eigenvalue weighted by Crippen LogP contribution is -2.39. The van der Waals surface area contributed by atoms with E-state index in [0.717, 1.165) is 125 Å². The van der Waals surface area contributed by atoms with Gasteiger partial charge in [0.2, 0.25) is 0 Å². The maximum absolute atomic E-state index is 14.1. The fourth-order valence-corrected chi connectivity index (χ4v) is 16.3. The fraction of sp³-hybridized carbons (Fsp3) is 0.500. The molecule has 2 amide bonds. The molecule has 4 aliphatic carbocycles. The molecule has 10 rings (SSSR count). The van der Waals surface area contributed by atoms with E-state index in [4.69, 9.17) is 33.4 Å². The number of benzene rings is 2. The second kappa shape index (κ2) is 21.4. The number of oxazole rings is 1. The minimum atomic E-state index is -3.11. The van der Waals surface area contributed by atoms with Crippen molar-refractivity contribution in [2.45, 2.75) is 168 Å². The van der Waals surface area contributed by atoms with Crippen LogP contribution in [0.3, 0.4) is 0 Å². The van der Waals surface area contributed by atoms with E-state index in [1.54, 1.807) is 46.5 Å². The van der Waals surface area contributed by atoms with E-state index in [1.807, 2.05) is 76.6 Å². The van der Waals surface area contributed by atoms with Crippen LogP contribution in [0.2, 0.25) is 0 Å². The number of aromatic nitrogens is 5. The Labute approximate surface area is 440 Å². The second-order valence-electron chi connectivity index (χ2n) is 20.6. The highest BCUT2D eigenvalue weighted by Gasteiger charge is 2.38. The van der Waals surface area contributed by atoms with Gasteiger partial charge < -0.3 is 35.2 Å². The molecule has 0 aliphatic heterocycles. The van der Waals surface area contributed by atoms with Crippen LogP contribution in [0.15, 0.2) is 75.3 Å². The van der Waals surface area contributed by atoms with Crippen LogP contribution in [0.1, 0.15) is 131 Å². The Kier molecular flexibility index (Phi) is 14.9. The van der Waals surface area contributed by atoms with Crippen molar-refractivity contribution in [3.05, 3.63) is 82.5 Å². The summed E-state index contributed by atoms with van der Waals surface area (Å²) in [6, 6.07) is 13.5. The van der Waals surface area contributed by atoms with Gasteiger partial charge in [0.05, 0.1) is 67.0 Å². The van der Waals surface area contributed by atoms with Crippen molar-refractivity contribution in [3.63, 3.8) is 0 Å². The van der Waals surface area contributed by atoms with Gasteiger partial charge in [0.1, 0.15) is 17.7 Å². The third-order valence-electron chi connectivity index (χ3n) is 14.2. The van der Waals surface area contributed by atoms with Crippen molar-refractivity contribution in [2.75, 3.05) is 10.6 Å². The first-order valence-corrected chi connectivity index (χ1v) is 30.5. The quantitative estimate of drug-likeness (QED) is 0.0469. The van der Waals surface area contributed by atoms with Gasteiger partial charge in [0, 0.05) is 88.8 Å². The number of ether oxygens (including phenoxy) is 2. The zero-order valence-electron chi connectivity index (χ0n) is 42.3. The van der Waals surface area contributed by atoms with Crippen molar-refractivity contribution >= 4 is 77.5 Å². The fourth-order valence-electron chi connectivity index (χ4n) is 10.0. The number of anilines is 4. The van der Waals surface area contributed by atoms with Crippen molar-refractivity contribution in [1.29, 1.82) is 9.56 Å². The summed E-state index contributed by atoms with van der Waals surface area (Å²) < 4.78 is 65.0. The van der Waals surface area contributed by atoms with E-state index in [0.29, 0.717) is 27.7 Å². The molecule has 74 heavy (non-hydrogen) atoms. The number of aryl methyl sites for hydroxylation is 2. The Morgan fingerprint density at radius 1 is 0.703 bits per heavy atom. The molecule has 394 valence electrons. The molecule has 6 aromatic rings. The number of carbonyl (C=O) groups is 2. The van der Waals surface area contributed by atoms with Crippen LogP contribution in [0, 0.1) is 16.5 Å². The molecule has 18 nitrogen and oxygen atoms in total. The Hall–Kier alpha value is -5.84. The number of amides is 2. The predicted octanol–water partition coefficient (Wildman–Crippen LogP) is 12.1. The highest BCUT2D eigenvalue weighted by molar-refractivity contribution is 7.93. The first-order chi connectivity index (χ1) is 35.4. The molecular formula is C52H65N11O7S4. The molecule has 22 heteroatoms. The van der Waals surface area contributed by atoms with Crippen molar-refractivity contribution in [3.8, 4) is 20.9 Å².